The summed E-state index contributed by atoms with van der Waals surface area (Å²) in [5, 5.41) is 7.20. The Bertz CT molecular complexity index is 264. The lowest BCUT2D eigenvalue weighted by molar-refractivity contribution is -0.123. The van der Waals surface area contributed by atoms with Crippen molar-refractivity contribution < 1.29 is 4.79 Å². The normalized spacial score (nSPS) is 27.1. The molecule has 2 unspecified atom stereocenters. The van der Waals surface area contributed by atoms with Crippen LogP contribution in [0.4, 0.5) is 0 Å². The van der Waals surface area contributed by atoms with Crippen molar-refractivity contribution in [1.82, 2.24) is 10.6 Å². The Morgan fingerprint density at radius 3 is 2.78 bits per heavy atom. The fraction of sp³-hybridized carbons (Fsp3) is 0.923. The van der Waals surface area contributed by atoms with E-state index in [1.807, 2.05) is 30.4 Å². The van der Waals surface area contributed by atoms with Crippen molar-refractivity contribution in [2.75, 3.05) is 23.8 Å². The second-order valence-electron chi connectivity index (χ2n) is 5.19. The molecule has 1 heterocycles. The van der Waals surface area contributed by atoms with Gasteiger partial charge in [0.05, 0.1) is 6.04 Å². The van der Waals surface area contributed by atoms with Crippen molar-refractivity contribution in [3.8, 4) is 0 Å². The summed E-state index contributed by atoms with van der Waals surface area (Å²) < 4.78 is 0. The molecule has 0 aromatic rings. The van der Waals surface area contributed by atoms with E-state index in [0.717, 1.165) is 19.4 Å². The average Bonchev–Trinajstić information content (AvgIpc) is 2.90. The molecule has 2 rings (SSSR count). The van der Waals surface area contributed by atoms with Crippen LogP contribution in [0.5, 0.6) is 0 Å². The first kappa shape index (κ1) is 14.5. The highest BCUT2D eigenvalue weighted by Gasteiger charge is 2.21. The van der Waals surface area contributed by atoms with Crippen LogP contribution in [0.3, 0.4) is 0 Å². The maximum Gasteiger partial charge on any atom is 0.237 e. The van der Waals surface area contributed by atoms with E-state index >= 15 is 0 Å². The van der Waals surface area contributed by atoms with E-state index in [2.05, 4.69) is 10.6 Å². The molecule has 0 spiro atoms. The zero-order valence-electron chi connectivity index (χ0n) is 11.1. The number of thioether (sulfide) groups is 2. The first-order valence-electron chi connectivity index (χ1n) is 6.99. The van der Waals surface area contributed by atoms with Crippen molar-refractivity contribution >= 4 is 29.4 Å². The summed E-state index contributed by atoms with van der Waals surface area (Å²) in [6.45, 7) is 2.93. The lowest BCUT2D eigenvalue weighted by atomic mass is 10.2. The van der Waals surface area contributed by atoms with Gasteiger partial charge in [0.25, 0.3) is 0 Å². The Labute approximate surface area is 119 Å². The van der Waals surface area contributed by atoms with Gasteiger partial charge >= 0.3 is 0 Å². The first-order chi connectivity index (χ1) is 8.75. The predicted octanol–water partition coefficient (Wildman–Crippen LogP) is 1.87. The standard InChI is InChI=1S/C13H24N2OS2/c1-10(13(16)15-11-4-2-3-5-11)14-8-12-9-17-6-7-18-12/h10-12,14H,2-9H2,1H3,(H,15,16). The lowest BCUT2D eigenvalue weighted by Crippen LogP contribution is -2.47. The van der Waals surface area contributed by atoms with Gasteiger partial charge in [0, 0.05) is 35.1 Å². The van der Waals surface area contributed by atoms with Gasteiger partial charge in [-0.05, 0) is 19.8 Å². The molecular weight excluding hydrogens is 264 g/mol. The minimum atomic E-state index is -0.0573. The van der Waals surface area contributed by atoms with Crippen molar-refractivity contribution in [2.45, 2.75) is 49.9 Å². The second kappa shape index (κ2) is 7.65. The minimum Gasteiger partial charge on any atom is -0.352 e. The van der Waals surface area contributed by atoms with Crippen LogP contribution < -0.4 is 10.6 Å². The fourth-order valence-corrected chi connectivity index (χ4v) is 5.08. The molecule has 0 radical (unpaired) electrons. The highest BCUT2D eigenvalue weighted by atomic mass is 32.2. The van der Waals surface area contributed by atoms with Crippen LogP contribution in [0.1, 0.15) is 32.6 Å². The van der Waals surface area contributed by atoms with Crippen molar-refractivity contribution in [1.29, 1.82) is 0 Å². The molecule has 3 nitrogen and oxygen atoms in total. The van der Waals surface area contributed by atoms with Gasteiger partial charge < -0.3 is 10.6 Å². The summed E-state index contributed by atoms with van der Waals surface area (Å²) in [4.78, 5) is 12.0. The van der Waals surface area contributed by atoms with Gasteiger partial charge in [-0.25, -0.2) is 0 Å². The predicted molar refractivity (Wildman–Crippen MR) is 81.4 cm³/mol. The largest absolute Gasteiger partial charge is 0.352 e. The summed E-state index contributed by atoms with van der Waals surface area (Å²) in [6, 6.07) is 0.375. The van der Waals surface area contributed by atoms with Gasteiger partial charge in [0.1, 0.15) is 0 Å². The molecular formula is C13H24N2OS2. The van der Waals surface area contributed by atoms with Crippen LogP contribution in [0, 0.1) is 0 Å². The summed E-state index contributed by atoms with van der Waals surface area (Å²) in [5.74, 6) is 3.92. The topological polar surface area (TPSA) is 41.1 Å². The molecule has 1 amide bonds. The van der Waals surface area contributed by atoms with E-state index in [9.17, 15) is 4.79 Å². The Balaban J connectivity index is 1.63. The molecule has 1 saturated heterocycles. The van der Waals surface area contributed by atoms with E-state index in [1.165, 1.54) is 30.1 Å². The molecule has 2 fully saturated rings. The number of hydrogen-bond acceptors (Lipinski definition) is 4. The quantitative estimate of drug-likeness (QED) is 0.810. The van der Waals surface area contributed by atoms with Crippen LogP contribution in [-0.2, 0) is 4.79 Å². The average molecular weight is 288 g/mol. The zero-order valence-corrected chi connectivity index (χ0v) is 12.7. The number of hydrogen-bond donors (Lipinski definition) is 2. The maximum absolute atomic E-state index is 12.0. The molecule has 104 valence electrons. The minimum absolute atomic E-state index is 0.0573. The van der Waals surface area contributed by atoms with E-state index in [-0.39, 0.29) is 11.9 Å². The zero-order chi connectivity index (χ0) is 12.8. The van der Waals surface area contributed by atoms with Gasteiger partial charge in [-0.15, -0.1) is 0 Å². The number of amides is 1. The smallest absolute Gasteiger partial charge is 0.237 e. The van der Waals surface area contributed by atoms with Crippen molar-refractivity contribution in [2.24, 2.45) is 0 Å². The van der Waals surface area contributed by atoms with Crippen LogP contribution in [0.2, 0.25) is 0 Å². The first-order valence-corrected chi connectivity index (χ1v) is 9.19. The van der Waals surface area contributed by atoms with E-state index < -0.39 is 0 Å². The Hall–Kier alpha value is 0.130. The van der Waals surface area contributed by atoms with Gasteiger partial charge in [-0.3, -0.25) is 4.79 Å². The molecule has 0 aromatic carbocycles. The van der Waals surface area contributed by atoms with Gasteiger partial charge in [-0.2, -0.15) is 23.5 Å². The molecule has 5 heteroatoms. The van der Waals surface area contributed by atoms with Crippen LogP contribution in [0.25, 0.3) is 0 Å². The molecule has 0 aromatic heterocycles. The van der Waals surface area contributed by atoms with Crippen LogP contribution in [-0.4, -0.2) is 47.0 Å². The summed E-state index contributed by atoms with van der Waals surface area (Å²) in [6.07, 6.45) is 4.85. The molecule has 2 aliphatic rings. The van der Waals surface area contributed by atoms with E-state index in [1.54, 1.807) is 0 Å². The molecule has 0 bridgehead atoms. The fourth-order valence-electron chi connectivity index (χ4n) is 2.45. The van der Waals surface area contributed by atoms with Crippen molar-refractivity contribution in [3.63, 3.8) is 0 Å². The highest BCUT2D eigenvalue weighted by Crippen LogP contribution is 2.23. The number of rotatable bonds is 5. The second-order valence-corrected chi connectivity index (χ2v) is 7.75. The summed E-state index contributed by atoms with van der Waals surface area (Å²) >= 11 is 4.06. The van der Waals surface area contributed by atoms with Crippen LogP contribution in [0.15, 0.2) is 0 Å². The van der Waals surface area contributed by atoms with Gasteiger partial charge in [0.15, 0.2) is 0 Å². The monoisotopic (exact) mass is 288 g/mol. The third-order valence-corrected chi connectivity index (χ3v) is 6.48. The van der Waals surface area contributed by atoms with Crippen LogP contribution >= 0.6 is 23.5 Å². The van der Waals surface area contributed by atoms with E-state index in [4.69, 9.17) is 0 Å². The SMILES string of the molecule is CC(NCC1CSCCS1)C(=O)NC1CCCC1. The molecule has 2 atom stereocenters. The van der Waals surface area contributed by atoms with Crippen molar-refractivity contribution in [3.05, 3.63) is 0 Å². The Morgan fingerprint density at radius 1 is 1.33 bits per heavy atom. The number of nitrogens with one attached hydrogen (secondary N) is 2. The summed E-state index contributed by atoms with van der Waals surface area (Å²) in [5.41, 5.74) is 0. The third kappa shape index (κ3) is 4.67. The molecule has 18 heavy (non-hydrogen) atoms. The lowest BCUT2D eigenvalue weighted by Gasteiger charge is -2.24. The summed E-state index contributed by atoms with van der Waals surface area (Å²) in [7, 11) is 0. The third-order valence-electron chi connectivity index (χ3n) is 3.63. The highest BCUT2D eigenvalue weighted by molar-refractivity contribution is 8.06. The molecule has 2 N–H and O–H groups in total. The molecule has 1 saturated carbocycles. The van der Waals surface area contributed by atoms with Gasteiger partial charge in [-0.1, -0.05) is 12.8 Å². The number of carbonyl (C=O) groups is 1. The molecule has 1 aliphatic carbocycles. The Morgan fingerprint density at radius 2 is 2.11 bits per heavy atom. The molecule has 1 aliphatic heterocycles. The van der Waals surface area contributed by atoms with Gasteiger partial charge in [0.2, 0.25) is 5.91 Å². The van der Waals surface area contributed by atoms with E-state index in [0.29, 0.717) is 11.3 Å². The maximum atomic E-state index is 12.0. The Kier molecular flexibility index (Phi) is 6.18. The number of carbonyl (C=O) groups excluding carboxylic acids is 1.